The number of hydrogen-bond acceptors (Lipinski definition) is 7. The van der Waals surface area contributed by atoms with Crippen LogP contribution in [0.2, 0.25) is 0 Å². The smallest absolute Gasteiger partial charge is 0.329 e. The second-order valence-corrected chi connectivity index (χ2v) is 9.41. The molecule has 1 atom stereocenters. The third kappa shape index (κ3) is 3.17. The molecule has 2 saturated carbocycles. The van der Waals surface area contributed by atoms with E-state index in [1.165, 1.54) is 0 Å². The van der Waals surface area contributed by atoms with E-state index in [9.17, 15) is 4.79 Å². The SMILES string of the molecule is COc1ccc2c(c1)n(C1CC13CCC(c1nnc(-c4cnc(C)cn4)o1)CC3)c(=O)n2C. The highest BCUT2D eigenvalue weighted by Gasteiger charge is 2.57. The Morgan fingerprint density at radius 2 is 1.94 bits per heavy atom. The Morgan fingerprint density at radius 3 is 2.67 bits per heavy atom. The molecule has 9 heteroatoms. The Morgan fingerprint density at radius 1 is 1.12 bits per heavy atom. The molecule has 2 aliphatic rings. The van der Waals surface area contributed by atoms with Gasteiger partial charge < -0.3 is 9.15 Å². The van der Waals surface area contributed by atoms with E-state index in [-0.39, 0.29) is 23.1 Å². The maximum Gasteiger partial charge on any atom is 0.329 e. The number of methoxy groups -OCH3 is 1. The van der Waals surface area contributed by atoms with E-state index in [0.29, 0.717) is 17.5 Å². The number of imidazole rings is 1. The topological polar surface area (TPSA) is 101 Å². The molecule has 0 amide bonds. The molecule has 9 nitrogen and oxygen atoms in total. The summed E-state index contributed by atoms with van der Waals surface area (Å²) in [5.74, 6) is 2.09. The zero-order chi connectivity index (χ0) is 22.7. The number of hydrogen-bond donors (Lipinski definition) is 0. The molecule has 1 aromatic carbocycles. The van der Waals surface area contributed by atoms with Crippen LogP contribution in [0, 0.1) is 12.3 Å². The van der Waals surface area contributed by atoms with Crippen LogP contribution in [0.4, 0.5) is 0 Å². The quantitative estimate of drug-likeness (QED) is 0.470. The lowest BCUT2D eigenvalue weighted by Gasteiger charge is -2.27. The zero-order valence-corrected chi connectivity index (χ0v) is 19.0. The van der Waals surface area contributed by atoms with Gasteiger partial charge in [-0.3, -0.25) is 14.1 Å². The fourth-order valence-corrected chi connectivity index (χ4v) is 5.45. The summed E-state index contributed by atoms with van der Waals surface area (Å²) in [5.41, 5.74) is 3.55. The van der Waals surface area contributed by atoms with Gasteiger partial charge in [0.2, 0.25) is 5.89 Å². The molecule has 2 fully saturated rings. The Balaban J connectivity index is 1.21. The van der Waals surface area contributed by atoms with Gasteiger partial charge in [0.1, 0.15) is 11.4 Å². The van der Waals surface area contributed by atoms with Crippen LogP contribution in [0.1, 0.15) is 55.6 Å². The van der Waals surface area contributed by atoms with Gasteiger partial charge >= 0.3 is 5.69 Å². The van der Waals surface area contributed by atoms with Crippen molar-refractivity contribution < 1.29 is 9.15 Å². The maximum absolute atomic E-state index is 13.1. The van der Waals surface area contributed by atoms with E-state index in [4.69, 9.17) is 9.15 Å². The first-order chi connectivity index (χ1) is 16.0. The number of benzene rings is 1. The average molecular weight is 447 g/mol. The Hall–Kier alpha value is -3.49. The van der Waals surface area contributed by atoms with Crippen molar-refractivity contribution >= 4 is 11.0 Å². The molecular weight excluding hydrogens is 420 g/mol. The second kappa shape index (κ2) is 7.26. The average Bonchev–Trinajstić information content (AvgIpc) is 3.17. The van der Waals surface area contributed by atoms with Crippen LogP contribution in [-0.4, -0.2) is 36.4 Å². The van der Waals surface area contributed by atoms with Gasteiger partial charge in [-0.25, -0.2) is 9.78 Å². The van der Waals surface area contributed by atoms with Gasteiger partial charge in [-0.05, 0) is 56.6 Å². The molecule has 0 saturated heterocycles. The van der Waals surface area contributed by atoms with Crippen molar-refractivity contribution in [3.8, 4) is 17.3 Å². The minimum absolute atomic E-state index is 0.0444. The first-order valence-electron chi connectivity index (χ1n) is 11.4. The van der Waals surface area contributed by atoms with Crippen LogP contribution in [0.15, 0.2) is 39.8 Å². The highest BCUT2D eigenvalue weighted by Crippen LogP contribution is 2.65. The maximum atomic E-state index is 13.1. The summed E-state index contributed by atoms with van der Waals surface area (Å²) < 4.78 is 15.1. The second-order valence-electron chi connectivity index (χ2n) is 9.41. The van der Waals surface area contributed by atoms with Gasteiger partial charge in [0.05, 0.1) is 30.0 Å². The summed E-state index contributed by atoms with van der Waals surface area (Å²) in [5, 5.41) is 8.50. The van der Waals surface area contributed by atoms with E-state index in [0.717, 1.165) is 54.6 Å². The molecule has 0 radical (unpaired) electrons. The van der Waals surface area contributed by atoms with Gasteiger partial charge in [0, 0.05) is 31.3 Å². The molecule has 3 aromatic heterocycles. The summed E-state index contributed by atoms with van der Waals surface area (Å²) in [6, 6.07) is 6.06. The predicted molar refractivity (Wildman–Crippen MR) is 121 cm³/mol. The van der Waals surface area contributed by atoms with Crippen molar-refractivity contribution in [3.05, 3.63) is 52.7 Å². The van der Waals surface area contributed by atoms with Crippen LogP contribution in [0.25, 0.3) is 22.6 Å². The van der Waals surface area contributed by atoms with Gasteiger partial charge in [-0.15, -0.1) is 10.2 Å². The molecule has 3 heterocycles. The molecule has 0 N–H and O–H groups in total. The summed E-state index contributed by atoms with van der Waals surface area (Å²) in [6.07, 6.45) is 8.41. The van der Waals surface area contributed by atoms with E-state index >= 15 is 0 Å². The highest BCUT2D eigenvalue weighted by molar-refractivity contribution is 5.78. The molecule has 0 aliphatic heterocycles. The van der Waals surface area contributed by atoms with E-state index in [2.05, 4.69) is 20.2 Å². The molecule has 1 unspecified atom stereocenters. The number of rotatable bonds is 4. The van der Waals surface area contributed by atoms with Crippen LogP contribution in [0.5, 0.6) is 5.75 Å². The summed E-state index contributed by atoms with van der Waals surface area (Å²) in [6.45, 7) is 1.89. The molecule has 4 aromatic rings. The fraction of sp³-hybridized carbons (Fsp3) is 0.458. The third-order valence-corrected chi connectivity index (χ3v) is 7.53. The van der Waals surface area contributed by atoms with Crippen molar-refractivity contribution in [2.24, 2.45) is 12.5 Å². The van der Waals surface area contributed by atoms with E-state index in [1.807, 2.05) is 36.7 Å². The monoisotopic (exact) mass is 446 g/mol. The van der Waals surface area contributed by atoms with Gasteiger partial charge in [-0.1, -0.05) is 0 Å². The Bertz CT molecular complexity index is 1390. The number of aryl methyl sites for hydroxylation is 2. The summed E-state index contributed by atoms with van der Waals surface area (Å²) in [4.78, 5) is 21.7. The fourth-order valence-electron chi connectivity index (χ4n) is 5.45. The summed E-state index contributed by atoms with van der Waals surface area (Å²) in [7, 11) is 3.49. The lowest BCUT2D eigenvalue weighted by molar-refractivity contribution is 0.258. The van der Waals surface area contributed by atoms with Crippen molar-refractivity contribution in [1.29, 1.82) is 0 Å². The molecular formula is C24H26N6O3. The van der Waals surface area contributed by atoms with Crippen LogP contribution >= 0.6 is 0 Å². The van der Waals surface area contributed by atoms with E-state index < -0.39 is 0 Å². The highest BCUT2D eigenvalue weighted by atomic mass is 16.5. The van der Waals surface area contributed by atoms with Crippen molar-refractivity contribution in [1.82, 2.24) is 29.3 Å². The first kappa shape index (κ1) is 20.1. The first-order valence-corrected chi connectivity index (χ1v) is 11.4. The standard InChI is InChI=1S/C24H26N6O3/c1-14-12-26-17(13-25-14)22-28-27-21(33-22)15-6-8-24(9-7-15)11-20(24)30-19-10-16(32-3)4-5-18(19)29(2)23(30)31/h4-5,10,12-13,15,20H,6-9,11H2,1-3H3. The molecule has 1 spiro atoms. The number of nitrogens with zero attached hydrogens (tertiary/aromatic N) is 6. The minimum Gasteiger partial charge on any atom is -0.497 e. The lowest BCUT2D eigenvalue weighted by Crippen LogP contribution is -2.25. The van der Waals surface area contributed by atoms with Crippen molar-refractivity contribution in [2.75, 3.05) is 7.11 Å². The summed E-state index contributed by atoms with van der Waals surface area (Å²) >= 11 is 0. The molecule has 33 heavy (non-hydrogen) atoms. The molecule has 0 bridgehead atoms. The lowest BCUT2D eigenvalue weighted by atomic mass is 9.79. The number of aromatic nitrogens is 6. The zero-order valence-electron chi connectivity index (χ0n) is 19.0. The molecule has 6 rings (SSSR count). The molecule has 170 valence electrons. The largest absolute Gasteiger partial charge is 0.497 e. The number of fused-ring (bicyclic) bond motifs is 1. The molecule has 2 aliphatic carbocycles. The number of ether oxygens (including phenoxy) is 1. The van der Waals surface area contributed by atoms with Crippen LogP contribution < -0.4 is 10.4 Å². The Kier molecular flexibility index (Phi) is 4.43. The van der Waals surface area contributed by atoms with E-state index in [1.54, 1.807) is 24.1 Å². The third-order valence-electron chi connectivity index (χ3n) is 7.53. The van der Waals surface area contributed by atoms with Gasteiger partial charge in [-0.2, -0.15) is 0 Å². The van der Waals surface area contributed by atoms with Crippen molar-refractivity contribution in [3.63, 3.8) is 0 Å². The normalized spacial score (nSPS) is 24.5. The predicted octanol–water partition coefficient (Wildman–Crippen LogP) is 3.79. The van der Waals surface area contributed by atoms with Crippen LogP contribution in [0.3, 0.4) is 0 Å². The van der Waals surface area contributed by atoms with Crippen LogP contribution in [-0.2, 0) is 7.05 Å². The van der Waals surface area contributed by atoms with Crippen molar-refractivity contribution in [2.45, 2.75) is 51.0 Å². The Labute approximate surface area is 190 Å². The minimum atomic E-state index is 0.0444. The van der Waals surface area contributed by atoms with Gasteiger partial charge in [0.15, 0.2) is 0 Å². The van der Waals surface area contributed by atoms with Gasteiger partial charge in [0.25, 0.3) is 5.89 Å².